The van der Waals surface area contributed by atoms with Gasteiger partial charge in [0, 0.05) is 22.9 Å². The summed E-state index contributed by atoms with van der Waals surface area (Å²) in [7, 11) is 1.60. The minimum Gasteiger partial charge on any atom is -0.497 e. The molecule has 0 aliphatic carbocycles. The van der Waals surface area contributed by atoms with Gasteiger partial charge in [-0.3, -0.25) is 4.79 Å². The average molecular weight is 445 g/mol. The Morgan fingerprint density at radius 2 is 1.90 bits per heavy atom. The molecule has 0 fully saturated rings. The van der Waals surface area contributed by atoms with Gasteiger partial charge in [0.1, 0.15) is 5.75 Å². The van der Waals surface area contributed by atoms with Crippen LogP contribution in [0.5, 0.6) is 5.75 Å². The summed E-state index contributed by atoms with van der Waals surface area (Å²) in [5, 5.41) is 13.2. The van der Waals surface area contributed by atoms with Crippen molar-refractivity contribution in [1.82, 2.24) is 20.1 Å². The third-order valence-corrected chi connectivity index (χ3v) is 5.80. The molecule has 2 aromatic carbocycles. The van der Waals surface area contributed by atoms with Gasteiger partial charge in [-0.15, -0.1) is 10.2 Å². The second kappa shape index (κ2) is 10.5. The van der Waals surface area contributed by atoms with E-state index in [4.69, 9.17) is 16.3 Å². The first-order valence-electron chi connectivity index (χ1n) is 9.68. The maximum atomic E-state index is 12.5. The van der Waals surface area contributed by atoms with Crippen molar-refractivity contribution in [3.05, 3.63) is 70.5 Å². The molecule has 1 N–H and O–H groups in total. The lowest BCUT2D eigenvalue weighted by atomic mass is 10.2. The molecule has 8 heteroatoms. The third-order valence-electron chi connectivity index (χ3n) is 4.42. The van der Waals surface area contributed by atoms with Crippen LogP contribution in [0.15, 0.2) is 53.7 Å². The number of hydrogen-bond acceptors (Lipinski definition) is 5. The van der Waals surface area contributed by atoms with Gasteiger partial charge in [0.05, 0.1) is 13.7 Å². The van der Waals surface area contributed by atoms with E-state index in [2.05, 4.69) is 33.9 Å². The van der Waals surface area contributed by atoms with Gasteiger partial charge in [-0.2, -0.15) is 0 Å². The first-order chi connectivity index (χ1) is 14.5. The smallest absolute Gasteiger partial charge is 0.251 e. The zero-order valence-corrected chi connectivity index (χ0v) is 18.8. The molecule has 1 heterocycles. The number of carbonyl (C=O) groups is 1. The number of amides is 1. The molecule has 0 aliphatic rings. The van der Waals surface area contributed by atoms with Crippen molar-refractivity contribution in [2.45, 2.75) is 37.8 Å². The fraction of sp³-hybridized carbons (Fsp3) is 0.318. The van der Waals surface area contributed by atoms with Gasteiger partial charge in [0.15, 0.2) is 11.0 Å². The lowest BCUT2D eigenvalue weighted by Crippen LogP contribution is -2.25. The number of nitrogens with zero attached hydrogens (tertiary/aromatic N) is 3. The van der Waals surface area contributed by atoms with E-state index in [9.17, 15) is 4.79 Å². The summed E-state index contributed by atoms with van der Waals surface area (Å²) in [4.78, 5) is 12.5. The normalized spacial score (nSPS) is 11.0. The van der Waals surface area contributed by atoms with Crippen LogP contribution in [-0.2, 0) is 18.8 Å². The van der Waals surface area contributed by atoms with Crippen LogP contribution in [0.1, 0.15) is 35.6 Å². The summed E-state index contributed by atoms with van der Waals surface area (Å²) >= 11 is 7.86. The third kappa shape index (κ3) is 5.77. The Kier molecular flexibility index (Phi) is 7.76. The fourth-order valence-corrected chi connectivity index (χ4v) is 4.12. The summed E-state index contributed by atoms with van der Waals surface area (Å²) in [5.41, 5.74) is 1.62. The van der Waals surface area contributed by atoms with Crippen molar-refractivity contribution in [3.8, 4) is 5.75 Å². The Morgan fingerprint density at radius 3 is 2.57 bits per heavy atom. The van der Waals surface area contributed by atoms with Crippen LogP contribution < -0.4 is 10.1 Å². The van der Waals surface area contributed by atoms with Crippen molar-refractivity contribution in [2.75, 3.05) is 7.11 Å². The molecule has 1 aromatic heterocycles. The van der Waals surface area contributed by atoms with E-state index < -0.39 is 0 Å². The van der Waals surface area contributed by atoms with E-state index in [1.54, 1.807) is 43.1 Å². The van der Waals surface area contributed by atoms with Crippen LogP contribution in [-0.4, -0.2) is 27.8 Å². The number of aromatic nitrogens is 3. The van der Waals surface area contributed by atoms with Gasteiger partial charge in [0.2, 0.25) is 0 Å². The van der Waals surface area contributed by atoms with Crippen molar-refractivity contribution in [1.29, 1.82) is 0 Å². The summed E-state index contributed by atoms with van der Waals surface area (Å²) in [6.07, 6.45) is 0. The number of methoxy groups -OCH3 is 1. The highest BCUT2D eigenvalue weighted by atomic mass is 35.5. The first kappa shape index (κ1) is 22.2. The maximum Gasteiger partial charge on any atom is 0.251 e. The Bertz CT molecular complexity index is 989. The maximum absolute atomic E-state index is 12.5. The van der Waals surface area contributed by atoms with Crippen molar-refractivity contribution in [3.63, 3.8) is 0 Å². The predicted octanol–water partition coefficient (Wildman–Crippen LogP) is 4.82. The van der Waals surface area contributed by atoms with Crippen LogP contribution in [0.2, 0.25) is 5.02 Å². The fourth-order valence-electron chi connectivity index (χ4n) is 2.87. The molecule has 158 valence electrons. The van der Waals surface area contributed by atoms with Crippen molar-refractivity contribution < 1.29 is 9.53 Å². The van der Waals surface area contributed by atoms with Gasteiger partial charge in [-0.05, 0) is 41.8 Å². The van der Waals surface area contributed by atoms with E-state index in [1.165, 1.54) is 0 Å². The number of halogens is 1. The van der Waals surface area contributed by atoms with Gasteiger partial charge in [-0.25, -0.2) is 0 Å². The zero-order valence-electron chi connectivity index (χ0n) is 17.3. The molecule has 0 unspecified atom stereocenters. The van der Waals surface area contributed by atoms with Crippen molar-refractivity contribution >= 4 is 29.3 Å². The minimum atomic E-state index is -0.165. The van der Waals surface area contributed by atoms with E-state index >= 15 is 0 Å². The monoisotopic (exact) mass is 444 g/mol. The number of benzene rings is 2. The van der Waals surface area contributed by atoms with Crippen LogP contribution in [0.4, 0.5) is 0 Å². The lowest BCUT2D eigenvalue weighted by molar-refractivity contribution is 0.0949. The van der Waals surface area contributed by atoms with Gasteiger partial charge in [-0.1, -0.05) is 55.4 Å². The summed E-state index contributed by atoms with van der Waals surface area (Å²) < 4.78 is 7.20. The molecule has 3 rings (SSSR count). The van der Waals surface area contributed by atoms with Gasteiger partial charge < -0.3 is 14.6 Å². The SMILES string of the molecule is COc1ccc(C(=O)NCc2nnc(SCc3ccccc3Cl)n2CC(C)C)cc1. The molecule has 0 saturated heterocycles. The van der Waals surface area contributed by atoms with Crippen LogP contribution >= 0.6 is 23.4 Å². The molecule has 30 heavy (non-hydrogen) atoms. The predicted molar refractivity (Wildman–Crippen MR) is 120 cm³/mol. The topological polar surface area (TPSA) is 69.0 Å². The molecular weight excluding hydrogens is 420 g/mol. The largest absolute Gasteiger partial charge is 0.497 e. The Labute approximate surface area is 186 Å². The van der Waals surface area contributed by atoms with Crippen LogP contribution in [0, 0.1) is 5.92 Å². The Hall–Kier alpha value is -2.51. The average Bonchev–Trinajstić information content (AvgIpc) is 3.12. The summed E-state index contributed by atoms with van der Waals surface area (Å²) in [5.74, 6) is 2.39. The number of carbonyl (C=O) groups excluding carboxylic acids is 1. The molecule has 0 bridgehead atoms. The quantitative estimate of drug-likeness (QED) is 0.479. The molecular formula is C22H25ClN4O2S. The molecule has 0 atom stereocenters. The second-order valence-electron chi connectivity index (χ2n) is 7.19. The standard InChI is InChI=1S/C22H25ClN4O2S/c1-15(2)13-27-20(12-24-21(28)16-8-10-18(29-3)11-9-16)25-26-22(27)30-14-17-6-4-5-7-19(17)23/h4-11,15H,12-14H2,1-3H3,(H,24,28). The zero-order chi connectivity index (χ0) is 21.5. The highest BCUT2D eigenvalue weighted by Gasteiger charge is 2.16. The summed E-state index contributed by atoms with van der Waals surface area (Å²) in [6.45, 7) is 5.35. The Balaban J connectivity index is 1.69. The highest BCUT2D eigenvalue weighted by Crippen LogP contribution is 2.26. The van der Waals surface area contributed by atoms with E-state index in [1.807, 2.05) is 24.3 Å². The second-order valence-corrected chi connectivity index (χ2v) is 8.54. The van der Waals surface area contributed by atoms with Gasteiger partial charge in [0.25, 0.3) is 5.91 Å². The highest BCUT2D eigenvalue weighted by molar-refractivity contribution is 7.98. The molecule has 0 aliphatic heterocycles. The number of nitrogens with one attached hydrogen (secondary N) is 1. The minimum absolute atomic E-state index is 0.165. The summed E-state index contributed by atoms with van der Waals surface area (Å²) in [6, 6.07) is 14.8. The number of rotatable bonds is 9. The molecule has 1 amide bonds. The van der Waals surface area contributed by atoms with Crippen LogP contribution in [0.25, 0.3) is 0 Å². The number of thioether (sulfide) groups is 1. The number of hydrogen-bond donors (Lipinski definition) is 1. The van der Waals surface area contributed by atoms with E-state index in [0.29, 0.717) is 29.5 Å². The van der Waals surface area contributed by atoms with E-state index in [0.717, 1.165) is 28.1 Å². The van der Waals surface area contributed by atoms with E-state index in [-0.39, 0.29) is 5.91 Å². The van der Waals surface area contributed by atoms with Crippen LogP contribution in [0.3, 0.4) is 0 Å². The van der Waals surface area contributed by atoms with Crippen molar-refractivity contribution in [2.24, 2.45) is 5.92 Å². The molecule has 0 radical (unpaired) electrons. The first-order valence-corrected chi connectivity index (χ1v) is 11.0. The Morgan fingerprint density at radius 1 is 1.17 bits per heavy atom. The number of ether oxygens (including phenoxy) is 1. The molecule has 6 nitrogen and oxygen atoms in total. The lowest BCUT2D eigenvalue weighted by Gasteiger charge is -2.13. The van der Waals surface area contributed by atoms with Gasteiger partial charge >= 0.3 is 0 Å². The molecule has 3 aromatic rings. The molecule has 0 spiro atoms. The molecule has 0 saturated carbocycles.